The summed E-state index contributed by atoms with van der Waals surface area (Å²) in [6, 6.07) is 6.95. The van der Waals surface area contributed by atoms with Gasteiger partial charge in [-0.25, -0.2) is 0 Å². The normalized spacial score (nSPS) is 21.4. The molecule has 1 saturated heterocycles. The highest BCUT2D eigenvalue weighted by Gasteiger charge is 2.54. The van der Waals surface area contributed by atoms with Crippen LogP contribution < -0.4 is 5.32 Å². The lowest BCUT2D eigenvalue weighted by atomic mass is 9.89. The summed E-state index contributed by atoms with van der Waals surface area (Å²) < 4.78 is 39.7. The Morgan fingerprint density at radius 1 is 1.32 bits per heavy atom. The van der Waals surface area contributed by atoms with Crippen LogP contribution in [-0.4, -0.2) is 34.7 Å². The Balaban J connectivity index is 2.00. The van der Waals surface area contributed by atoms with Gasteiger partial charge in [-0.1, -0.05) is 30.3 Å². The van der Waals surface area contributed by atoms with Gasteiger partial charge in [0.2, 0.25) is 5.91 Å². The van der Waals surface area contributed by atoms with E-state index in [9.17, 15) is 23.1 Å². The summed E-state index contributed by atoms with van der Waals surface area (Å²) in [5, 5.41) is 12.4. The topological polar surface area (TPSA) is 49.3 Å². The molecule has 0 unspecified atom stereocenters. The molecule has 0 aliphatic carbocycles. The van der Waals surface area contributed by atoms with E-state index < -0.39 is 18.2 Å². The van der Waals surface area contributed by atoms with Crippen molar-refractivity contribution in [1.29, 1.82) is 0 Å². The Labute approximate surface area is 131 Å². The van der Waals surface area contributed by atoms with Crippen LogP contribution in [0, 0.1) is 0 Å². The summed E-state index contributed by atoms with van der Waals surface area (Å²) in [7, 11) is 0. The number of alkyl halides is 3. The number of thioether (sulfide) groups is 1. The van der Waals surface area contributed by atoms with Crippen molar-refractivity contribution in [2.24, 2.45) is 0 Å². The summed E-state index contributed by atoms with van der Waals surface area (Å²) in [6.07, 6.45) is -3.72. The lowest BCUT2D eigenvalue weighted by molar-refractivity contribution is -0.268. The Bertz CT molecular complexity index is 503. The minimum Gasteiger partial charge on any atom is -0.376 e. The van der Waals surface area contributed by atoms with Gasteiger partial charge in [0.1, 0.15) is 0 Å². The predicted octanol–water partition coefficient (Wildman–Crippen LogP) is 2.84. The second-order valence-electron chi connectivity index (χ2n) is 5.27. The molecule has 1 heterocycles. The van der Waals surface area contributed by atoms with Gasteiger partial charge in [-0.3, -0.25) is 4.79 Å². The monoisotopic (exact) mass is 333 g/mol. The van der Waals surface area contributed by atoms with Crippen LogP contribution in [0.1, 0.15) is 24.8 Å². The molecule has 0 radical (unpaired) electrons. The van der Waals surface area contributed by atoms with Crippen LogP contribution in [0.5, 0.6) is 0 Å². The molecule has 1 aromatic rings. The molecule has 22 heavy (non-hydrogen) atoms. The minimum absolute atomic E-state index is 0.185. The molecule has 2 N–H and O–H groups in total. The molecule has 122 valence electrons. The van der Waals surface area contributed by atoms with Crippen molar-refractivity contribution >= 4 is 17.7 Å². The molecule has 1 aliphatic heterocycles. The van der Waals surface area contributed by atoms with Crippen molar-refractivity contribution in [2.45, 2.75) is 36.3 Å². The molecule has 7 heteroatoms. The number of hydrogen-bond acceptors (Lipinski definition) is 3. The van der Waals surface area contributed by atoms with Crippen molar-refractivity contribution in [3.8, 4) is 0 Å². The Hall–Kier alpha value is -1.21. The molecule has 1 fully saturated rings. The van der Waals surface area contributed by atoms with Crippen molar-refractivity contribution in [1.82, 2.24) is 5.32 Å². The number of carbonyl (C=O) groups excluding carboxylic acids is 1. The van der Waals surface area contributed by atoms with Gasteiger partial charge in [0.15, 0.2) is 5.60 Å². The fourth-order valence-corrected chi connectivity index (χ4v) is 3.61. The first kappa shape index (κ1) is 17.1. The number of aliphatic hydroxyl groups is 1. The number of nitrogens with one attached hydrogen (secondary N) is 1. The summed E-state index contributed by atoms with van der Waals surface area (Å²) in [6.45, 7) is -0.221. The summed E-state index contributed by atoms with van der Waals surface area (Å²) in [5.74, 6) is 0.647. The molecule has 0 bridgehead atoms. The maximum atomic E-state index is 13.2. The first-order valence-electron chi connectivity index (χ1n) is 7.08. The zero-order chi connectivity index (χ0) is 16.2. The first-order chi connectivity index (χ1) is 10.3. The van der Waals surface area contributed by atoms with Gasteiger partial charge in [-0.2, -0.15) is 13.2 Å². The van der Waals surface area contributed by atoms with Gasteiger partial charge in [0, 0.05) is 13.0 Å². The van der Waals surface area contributed by atoms with E-state index in [1.807, 2.05) is 0 Å². The number of halogens is 3. The van der Waals surface area contributed by atoms with Crippen LogP contribution in [0.2, 0.25) is 0 Å². The second-order valence-corrected chi connectivity index (χ2v) is 6.58. The fourth-order valence-electron chi connectivity index (χ4n) is 2.43. The average Bonchev–Trinajstić information content (AvgIpc) is 3.01. The molecule has 0 spiro atoms. The lowest BCUT2D eigenvalue weighted by Crippen LogP contribution is -2.45. The highest BCUT2D eigenvalue weighted by atomic mass is 32.2. The van der Waals surface area contributed by atoms with Crippen LogP contribution >= 0.6 is 11.8 Å². The van der Waals surface area contributed by atoms with E-state index in [-0.39, 0.29) is 23.3 Å². The van der Waals surface area contributed by atoms with Gasteiger partial charge >= 0.3 is 6.18 Å². The predicted molar refractivity (Wildman–Crippen MR) is 79.5 cm³/mol. The number of amides is 1. The third-order valence-corrected chi connectivity index (χ3v) is 5.10. The Morgan fingerprint density at radius 3 is 2.55 bits per heavy atom. The molecular weight excluding hydrogens is 315 g/mol. The van der Waals surface area contributed by atoms with E-state index >= 15 is 0 Å². The van der Waals surface area contributed by atoms with E-state index in [4.69, 9.17) is 0 Å². The molecule has 1 aromatic carbocycles. The zero-order valence-corrected chi connectivity index (χ0v) is 12.7. The maximum Gasteiger partial charge on any atom is 0.421 e. The Morgan fingerprint density at radius 2 is 2.00 bits per heavy atom. The molecule has 3 nitrogen and oxygen atoms in total. The highest BCUT2D eigenvalue weighted by Crippen LogP contribution is 2.41. The van der Waals surface area contributed by atoms with Crippen LogP contribution in [0.25, 0.3) is 0 Å². The third-order valence-electron chi connectivity index (χ3n) is 3.73. The average molecular weight is 333 g/mol. The standard InChI is InChI=1S/C15H18F3NO2S/c16-15(17,18)14(21,11-5-2-1-3-6-11)8-9-19-13(20)12-7-4-10-22-12/h1-3,5-6,12,21H,4,7-10H2,(H,19,20)/t12-,14-/m1/s1. The van der Waals surface area contributed by atoms with E-state index in [0.717, 1.165) is 18.6 Å². The van der Waals surface area contributed by atoms with Crippen LogP contribution in [0.15, 0.2) is 30.3 Å². The molecule has 0 saturated carbocycles. The highest BCUT2D eigenvalue weighted by molar-refractivity contribution is 8.00. The van der Waals surface area contributed by atoms with Crippen LogP contribution in [0.4, 0.5) is 13.2 Å². The third kappa shape index (κ3) is 3.76. The zero-order valence-electron chi connectivity index (χ0n) is 11.9. The summed E-state index contributed by atoms with van der Waals surface area (Å²) >= 11 is 1.51. The van der Waals surface area contributed by atoms with Gasteiger partial charge in [-0.15, -0.1) is 11.8 Å². The molecule has 1 aliphatic rings. The molecule has 1 amide bonds. The van der Waals surface area contributed by atoms with E-state index in [1.54, 1.807) is 6.07 Å². The molecular formula is C15H18F3NO2S. The quantitative estimate of drug-likeness (QED) is 0.871. The van der Waals surface area contributed by atoms with Crippen molar-refractivity contribution in [3.05, 3.63) is 35.9 Å². The van der Waals surface area contributed by atoms with Crippen molar-refractivity contribution in [3.63, 3.8) is 0 Å². The van der Waals surface area contributed by atoms with Gasteiger partial charge in [-0.05, 0) is 24.2 Å². The van der Waals surface area contributed by atoms with E-state index in [2.05, 4.69) is 5.32 Å². The largest absolute Gasteiger partial charge is 0.421 e. The van der Waals surface area contributed by atoms with Crippen LogP contribution in [-0.2, 0) is 10.4 Å². The second kappa shape index (κ2) is 6.91. The van der Waals surface area contributed by atoms with Gasteiger partial charge < -0.3 is 10.4 Å². The summed E-state index contributed by atoms with van der Waals surface area (Å²) in [5.41, 5.74) is -3.17. The molecule has 2 atom stereocenters. The minimum atomic E-state index is -4.80. The fraction of sp³-hybridized carbons (Fsp3) is 0.533. The van der Waals surface area contributed by atoms with Gasteiger partial charge in [0.05, 0.1) is 5.25 Å². The molecule has 2 rings (SSSR count). The SMILES string of the molecule is O=C(NCC[C@@](O)(c1ccccc1)C(F)(F)F)[C@H]1CCCS1. The Kier molecular flexibility index (Phi) is 5.39. The number of benzene rings is 1. The lowest BCUT2D eigenvalue weighted by Gasteiger charge is -2.31. The van der Waals surface area contributed by atoms with E-state index in [1.165, 1.54) is 36.0 Å². The maximum absolute atomic E-state index is 13.2. The van der Waals surface area contributed by atoms with Crippen molar-refractivity contribution < 1.29 is 23.1 Å². The van der Waals surface area contributed by atoms with Crippen molar-refractivity contribution in [2.75, 3.05) is 12.3 Å². The number of rotatable bonds is 5. The van der Waals surface area contributed by atoms with Gasteiger partial charge in [0.25, 0.3) is 0 Å². The van der Waals surface area contributed by atoms with Crippen LogP contribution in [0.3, 0.4) is 0 Å². The number of hydrogen-bond donors (Lipinski definition) is 2. The summed E-state index contributed by atoms with van der Waals surface area (Å²) in [4.78, 5) is 11.8. The van der Waals surface area contributed by atoms with E-state index in [0.29, 0.717) is 0 Å². The number of carbonyl (C=O) groups is 1. The smallest absolute Gasteiger partial charge is 0.376 e. The first-order valence-corrected chi connectivity index (χ1v) is 8.13. The molecule has 0 aromatic heterocycles.